The number of hydrogen-bond acceptors (Lipinski definition) is 6. The van der Waals surface area contributed by atoms with Crippen LogP contribution >= 0.6 is 11.6 Å². The lowest BCUT2D eigenvalue weighted by Crippen LogP contribution is -2.50. The average Bonchev–Trinajstić information content (AvgIpc) is 3.50. The van der Waals surface area contributed by atoms with E-state index in [9.17, 15) is 19.2 Å². The quantitative estimate of drug-likeness (QED) is 0.366. The van der Waals surface area contributed by atoms with Crippen molar-refractivity contribution in [3.63, 3.8) is 0 Å². The number of aromatic nitrogens is 2. The summed E-state index contributed by atoms with van der Waals surface area (Å²) in [6.07, 6.45) is 1.93. The van der Waals surface area contributed by atoms with Crippen molar-refractivity contribution in [1.82, 2.24) is 19.8 Å². The topological polar surface area (TPSA) is 155 Å². The van der Waals surface area contributed by atoms with Gasteiger partial charge in [0.2, 0.25) is 5.91 Å². The number of amides is 4. The third-order valence-corrected chi connectivity index (χ3v) is 7.11. The first-order valence-electron chi connectivity index (χ1n) is 12.1. The lowest BCUT2D eigenvalue weighted by atomic mass is 9.90. The van der Waals surface area contributed by atoms with Gasteiger partial charge in [0.05, 0.1) is 18.6 Å². The molecule has 1 aromatic heterocycles. The first-order valence-corrected chi connectivity index (χ1v) is 12.5. The van der Waals surface area contributed by atoms with E-state index in [1.54, 1.807) is 47.2 Å². The van der Waals surface area contributed by atoms with Crippen LogP contribution in [-0.4, -0.2) is 62.7 Å². The van der Waals surface area contributed by atoms with Gasteiger partial charge in [-0.3, -0.25) is 20.2 Å². The second-order valence-electron chi connectivity index (χ2n) is 9.44. The Kier molecular flexibility index (Phi) is 6.87. The maximum absolute atomic E-state index is 13.8. The number of nitrogens with one attached hydrogen (secondary N) is 3. The summed E-state index contributed by atoms with van der Waals surface area (Å²) in [6.45, 7) is 0.394. The highest BCUT2D eigenvalue weighted by atomic mass is 35.5. The fourth-order valence-corrected chi connectivity index (χ4v) is 5.10. The van der Waals surface area contributed by atoms with E-state index < -0.39 is 29.7 Å². The van der Waals surface area contributed by atoms with Crippen LogP contribution < -0.4 is 16.0 Å². The van der Waals surface area contributed by atoms with E-state index in [-0.39, 0.29) is 24.4 Å². The first-order chi connectivity index (χ1) is 18.6. The minimum absolute atomic E-state index is 0.0971. The zero-order chi connectivity index (χ0) is 27.7. The van der Waals surface area contributed by atoms with Crippen molar-refractivity contribution >= 4 is 47.0 Å². The number of anilines is 2. The van der Waals surface area contributed by atoms with Crippen LogP contribution in [0.5, 0.6) is 0 Å². The molecule has 1 saturated heterocycles. The number of carbonyl (C=O) groups is 4. The number of nitrogens with zero attached hydrogens (tertiary/aromatic N) is 3. The average molecular weight is 553 g/mol. The molecule has 5 rings (SSSR count). The van der Waals surface area contributed by atoms with Crippen LogP contribution in [-0.2, 0) is 28.6 Å². The van der Waals surface area contributed by atoms with Gasteiger partial charge in [0, 0.05) is 60.2 Å². The van der Waals surface area contributed by atoms with E-state index in [1.807, 2.05) is 0 Å². The van der Waals surface area contributed by atoms with Crippen molar-refractivity contribution in [2.75, 3.05) is 23.7 Å². The molecule has 0 bridgehead atoms. The third-order valence-electron chi connectivity index (χ3n) is 6.87. The van der Waals surface area contributed by atoms with Crippen molar-refractivity contribution in [2.24, 2.45) is 7.05 Å². The molecule has 4 N–H and O–H groups in total. The van der Waals surface area contributed by atoms with Crippen LogP contribution in [0.15, 0.2) is 55.0 Å². The van der Waals surface area contributed by atoms with E-state index in [0.717, 1.165) is 5.69 Å². The predicted molar refractivity (Wildman–Crippen MR) is 141 cm³/mol. The predicted octanol–water partition coefficient (Wildman–Crippen LogP) is 3.19. The molecule has 202 valence electrons. The summed E-state index contributed by atoms with van der Waals surface area (Å²) in [5, 5.41) is 17.0. The van der Waals surface area contributed by atoms with Gasteiger partial charge >= 0.3 is 12.2 Å². The Morgan fingerprint density at radius 2 is 2.00 bits per heavy atom. The zero-order valence-corrected chi connectivity index (χ0v) is 21.6. The summed E-state index contributed by atoms with van der Waals surface area (Å²) in [5.74, 6) is -0.847. The molecular weight excluding hydrogens is 528 g/mol. The number of halogens is 1. The highest BCUT2D eigenvalue weighted by Gasteiger charge is 2.49. The van der Waals surface area contributed by atoms with Gasteiger partial charge in [0.15, 0.2) is 5.60 Å². The molecule has 0 saturated carbocycles. The number of ether oxygens (including phenoxy) is 1. The maximum atomic E-state index is 13.8. The number of aryl methyl sites for hydroxylation is 1. The second-order valence-corrected chi connectivity index (χ2v) is 9.88. The van der Waals surface area contributed by atoms with E-state index in [0.29, 0.717) is 34.9 Å². The SMILES string of the molecule is Cn1cncc1C[C@H](NC(=O)c1ccc(NC(=O)O)cc1)C(=O)N1CCC2(C1)OC(=O)Nc1ccc(Cl)cc12. The zero-order valence-electron chi connectivity index (χ0n) is 20.8. The van der Waals surface area contributed by atoms with Gasteiger partial charge in [-0.1, -0.05) is 11.6 Å². The summed E-state index contributed by atoms with van der Waals surface area (Å²) >= 11 is 6.23. The van der Waals surface area contributed by atoms with Crippen molar-refractivity contribution < 1.29 is 29.0 Å². The number of hydrogen-bond donors (Lipinski definition) is 4. The highest BCUT2D eigenvalue weighted by molar-refractivity contribution is 6.30. The van der Waals surface area contributed by atoms with E-state index in [1.165, 1.54) is 24.3 Å². The molecule has 3 heterocycles. The Labute approximate surface area is 227 Å². The van der Waals surface area contributed by atoms with Gasteiger partial charge in [-0.2, -0.15) is 0 Å². The van der Waals surface area contributed by atoms with Crippen LogP contribution in [0, 0.1) is 0 Å². The fourth-order valence-electron chi connectivity index (χ4n) is 4.92. The highest BCUT2D eigenvalue weighted by Crippen LogP contribution is 2.43. The first kappa shape index (κ1) is 26.0. The molecule has 1 spiro atoms. The molecule has 0 radical (unpaired) electrons. The molecule has 13 heteroatoms. The van der Waals surface area contributed by atoms with Gasteiger partial charge in [-0.05, 0) is 42.5 Å². The fraction of sp³-hybridized carbons (Fsp3) is 0.269. The minimum atomic E-state index is -1.22. The van der Waals surface area contributed by atoms with Gasteiger partial charge in [0.25, 0.3) is 5.91 Å². The van der Waals surface area contributed by atoms with Crippen molar-refractivity contribution in [3.05, 3.63) is 76.8 Å². The summed E-state index contributed by atoms with van der Waals surface area (Å²) in [6, 6.07) is 9.99. The van der Waals surface area contributed by atoms with Crippen LogP contribution in [0.2, 0.25) is 5.02 Å². The Hall–Kier alpha value is -4.58. The number of rotatable bonds is 6. The van der Waals surface area contributed by atoms with Crippen molar-refractivity contribution in [2.45, 2.75) is 24.5 Å². The number of carbonyl (C=O) groups excluding carboxylic acids is 3. The van der Waals surface area contributed by atoms with Gasteiger partial charge < -0.3 is 24.6 Å². The third kappa shape index (κ3) is 5.36. The standard InChI is InChI=1S/C26H25ClN6O6/c1-32-14-28-12-18(32)11-21(30-22(34)15-2-5-17(6-3-15)29-24(36)37)23(35)33-9-8-26(13-33)19-10-16(27)4-7-20(19)31-25(38)39-26/h2-7,10,12,14,21,29H,8-9,11,13H2,1H3,(H,30,34)(H,31,38)(H,36,37)/t21-,26?/m0/s1. The summed E-state index contributed by atoms with van der Waals surface area (Å²) in [5.41, 5.74) is 1.49. The van der Waals surface area contributed by atoms with Gasteiger partial charge in [0.1, 0.15) is 6.04 Å². The number of benzene rings is 2. The number of imidazole rings is 1. The van der Waals surface area contributed by atoms with Crippen molar-refractivity contribution in [3.8, 4) is 0 Å². The van der Waals surface area contributed by atoms with Crippen molar-refractivity contribution in [1.29, 1.82) is 0 Å². The van der Waals surface area contributed by atoms with Crippen LogP contribution in [0.1, 0.15) is 28.0 Å². The molecule has 2 aliphatic rings. The summed E-state index contributed by atoms with van der Waals surface area (Å²) in [7, 11) is 1.79. The molecule has 1 fully saturated rings. The molecule has 12 nitrogen and oxygen atoms in total. The van der Waals surface area contributed by atoms with Crippen LogP contribution in [0.4, 0.5) is 21.0 Å². The van der Waals surface area contributed by atoms with E-state index >= 15 is 0 Å². The molecule has 1 unspecified atom stereocenters. The Morgan fingerprint density at radius 1 is 1.23 bits per heavy atom. The molecule has 39 heavy (non-hydrogen) atoms. The normalized spacial score (nSPS) is 18.6. The number of fused-ring (bicyclic) bond motifs is 2. The minimum Gasteiger partial charge on any atom is -0.465 e. The lowest BCUT2D eigenvalue weighted by Gasteiger charge is -2.35. The van der Waals surface area contributed by atoms with Crippen LogP contribution in [0.3, 0.4) is 0 Å². The lowest BCUT2D eigenvalue weighted by molar-refractivity contribution is -0.133. The maximum Gasteiger partial charge on any atom is 0.412 e. The molecule has 2 atom stereocenters. The number of carboxylic acid groups (broad SMARTS) is 1. The van der Waals surface area contributed by atoms with E-state index in [4.69, 9.17) is 21.4 Å². The van der Waals surface area contributed by atoms with Crippen LogP contribution in [0.25, 0.3) is 0 Å². The molecule has 3 aromatic rings. The number of likely N-dealkylation sites (tertiary alicyclic amines) is 1. The largest absolute Gasteiger partial charge is 0.465 e. The Morgan fingerprint density at radius 3 is 2.69 bits per heavy atom. The van der Waals surface area contributed by atoms with Gasteiger partial charge in [-0.25, -0.2) is 14.6 Å². The smallest absolute Gasteiger partial charge is 0.412 e. The monoisotopic (exact) mass is 552 g/mol. The molecule has 4 amide bonds. The summed E-state index contributed by atoms with van der Waals surface area (Å²) in [4.78, 5) is 55.8. The second kappa shape index (κ2) is 10.3. The molecule has 2 aliphatic heterocycles. The Bertz CT molecular complexity index is 1460. The molecule has 2 aromatic carbocycles. The van der Waals surface area contributed by atoms with E-state index in [2.05, 4.69) is 20.9 Å². The Balaban J connectivity index is 1.38. The molecule has 0 aliphatic carbocycles. The summed E-state index contributed by atoms with van der Waals surface area (Å²) < 4.78 is 7.50. The van der Waals surface area contributed by atoms with Gasteiger partial charge in [-0.15, -0.1) is 0 Å². The molecular formula is C26H25ClN6O6.